The van der Waals surface area contributed by atoms with Crippen molar-refractivity contribution >= 4 is 21.7 Å². The summed E-state index contributed by atoms with van der Waals surface area (Å²) >= 11 is 0. The first kappa shape index (κ1) is 20.3. The molecule has 0 fully saturated rings. The number of H-pyrrole nitrogens is 1. The van der Waals surface area contributed by atoms with Gasteiger partial charge in [0.25, 0.3) is 0 Å². The molecule has 12 heteroatoms. The summed E-state index contributed by atoms with van der Waals surface area (Å²) in [6.45, 7) is 0. The number of sulfonamides is 1. The van der Waals surface area contributed by atoms with Gasteiger partial charge in [0.15, 0.2) is 0 Å². The van der Waals surface area contributed by atoms with Crippen LogP contribution in [0.15, 0.2) is 60.9 Å². The summed E-state index contributed by atoms with van der Waals surface area (Å²) in [5.41, 5.74) is 2.60. The van der Waals surface area contributed by atoms with Crippen LogP contribution in [0.4, 0.5) is 16.0 Å². The van der Waals surface area contributed by atoms with E-state index in [1.165, 1.54) is 12.1 Å². The number of hydrogen-bond donors (Lipinski definition) is 3. The zero-order chi connectivity index (χ0) is 21.8. The molecule has 2 aromatic carbocycles. The van der Waals surface area contributed by atoms with E-state index >= 15 is 0 Å². The average molecular weight is 440 g/mol. The van der Waals surface area contributed by atoms with Gasteiger partial charge in [0, 0.05) is 18.1 Å². The van der Waals surface area contributed by atoms with Gasteiger partial charge in [0.2, 0.25) is 21.8 Å². The van der Waals surface area contributed by atoms with Crippen molar-refractivity contribution in [2.45, 2.75) is 6.04 Å². The zero-order valence-corrected chi connectivity index (χ0v) is 17.0. The topological polar surface area (TPSA) is 138 Å². The van der Waals surface area contributed by atoms with E-state index in [0.29, 0.717) is 23.0 Å². The van der Waals surface area contributed by atoms with Gasteiger partial charge in [-0.05, 0) is 40.6 Å². The summed E-state index contributed by atoms with van der Waals surface area (Å²) < 4.78 is 38.7. The molecule has 0 aliphatic heterocycles. The van der Waals surface area contributed by atoms with Crippen LogP contribution in [0.1, 0.15) is 17.2 Å². The number of hydrogen-bond acceptors (Lipinski definition) is 8. The van der Waals surface area contributed by atoms with Crippen LogP contribution < -0.4 is 10.0 Å². The Hall–Kier alpha value is -3.93. The van der Waals surface area contributed by atoms with Gasteiger partial charge in [-0.3, -0.25) is 4.72 Å². The smallest absolute Gasteiger partial charge is 0.229 e. The first-order valence-electron chi connectivity index (χ1n) is 9.03. The molecule has 0 radical (unpaired) electrons. The van der Waals surface area contributed by atoms with E-state index in [2.05, 4.69) is 40.6 Å². The Morgan fingerprint density at radius 1 is 0.968 bits per heavy atom. The van der Waals surface area contributed by atoms with Gasteiger partial charge in [0.05, 0.1) is 17.9 Å². The van der Waals surface area contributed by atoms with Crippen LogP contribution in [0.3, 0.4) is 0 Å². The predicted octanol–water partition coefficient (Wildman–Crippen LogP) is 2.37. The van der Waals surface area contributed by atoms with Crippen molar-refractivity contribution in [2.75, 3.05) is 16.3 Å². The molecule has 31 heavy (non-hydrogen) atoms. The third kappa shape index (κ3) is 5.17. The molecule has 1 atom stereocenters. The number of benzene rings is 2. The van der Waals surface area contributed by atoms with E-state index in [-0.39, 0.29) is 5.82 Å². The van der Waals surface area contributed by atoms with Crippen LogP contribution in [0.25, 0.3) is 11.4 Å². The third-order valence-corrected chi connectivity index (χ3v) is 4.89. The van der Waals surface area contributed by atoms with Crippen LogP contribution >= 0.6 is 0 Å². The normalized spacial score (nSPS) is 12.3. The Morgan fingerprint density at radius 3 is 2.13 bits per heavy atom. The molecule has 3 N–H and O–H groups in total. The Balaban J connectivity index is 1.62. The minimum Gasteiger partial charge on any atom is -0.343 e. The molecule has 0 saturated heterocycles. The zero-order valence-electron chi connectivity index (χ0n) is 16.2. The van der Waals surface area contributed by atoms with Crippen LogP contribution in [0.5, 0.6) is 0 Å². The molecule has 4 aromatic rings. The number of aromatic amines is 1. The van der Waals surface area contributed by atoms with Crippen LogP contribution in [-0.4, -0.2) is 45.3 Å². The van der Waals surface area contributed by atoms with Crippen molar-refractivity contribution in [2.24, 2.45) is 0 Å². The highest BCUT2D eigenvalue weighted by molar-refractivity contribution is 7.92. The van der Waals surface area contributed by atoms with Crippen LogP contribution in [0, 0.1) is 5.82 Å². The van der Waals surface area contributed by atoms with E-state index in [1.54, 1.807) is 48.8 Å². The summed E-state index contributed by atoms with van der Waals surface area (Å²) in [4.78, 5) is 8.60. The van der Waals surface area contributed by atoms with Gasteiger partial charge in [-0.15, -0.1) is 10.2 Å². The molecule has 2 aromatic heterocycles. The number of nitrogens with one attached hydrogen (secondary N) is 3. The van der Waals surface area contributed by atoms with Gasteiger partial charge in [-0.25, -0.2) is 22.8 Å². The molecule has 0 amide bonds. The van der Waals surface area contributed by atoms with Gasteiger partial charge >= 0.3 is 0 Å². The minimum absolute atomic E-state index is 0.333. The molecule has 0 aliphatic rings. The Bertz CT molecular complexity index is 1250. The molecular formula is C19H17FN8O2S. The summed E-state index contributed by atoms with van der Waals surface area (Å²) in [6.07, 6.45) is 4.20. The van der Waals surface area contributed by atoms with Gasteiger partial charge in [0.1, 0.15) is 5.82 Å². The first-order chi connectivity index (χ1) is 14.9. The van der Waals surface area contributed by atoms with Crippen molar-refractivity contribution < 1.29 is 12.8 Å². The molecule has 2 heterocycles. The Labute approximate surface area is 177 Å². The largest absolute Gasteiger partial charge is 0.343 e. The lowest BCUT2D eigenvalue weighted by molar-refractivity contribution is 0.607. The van der Waals surface area contributed by atoms with E-state index < -0.39 is 16.1 Å². The maximum Gasteiger partial charge on any atom is 0.229 e. The van der Waals surface area contributed by atoms with Crippen LogP contribution in [0.2, 0.25) is 0 Å². The molecule has 10 nitrogen and oxygen atoms in total. The lowest BCUT2D eigenvalue weighted by atomic mass is 9.98. The molecule has 0 saturated carbocycles. The fourth-order valence-electron chi connectivity index (χ4n) is 2.90. The lowest BCUT2D eigenvalue weighted by Gasteiger charge is -2.20. The lowest BCUT2D eigenvalue weighted by Crippen LogP contribution is -2.15. The summed E-state index contributed by atoms with van der Waals surface area (Å²) in [5.74, 6) is 0.353. The van der Waals surface area contributed by atoms with Crippen molar-refractivity contribution in [1.82, 2.24) is 30.6 Å². The van der Waals surface area contributed by atoms with Crippen LogP contribution in [-0.2, 0) is 10.0 Å². The molecule has 158 valence electrons. The Kier molecular flexibility index (Phi) is 5.54. The van der Waals surface area contributed by atoms with Crippen molar-refractivity contribution in [3.63, 3.8) is 0 Å². The fraction of sp³-hybridized carbons (Fsp3) is 0.105. The molecule has 1 unspecified atom stereocenters. The fourth-order valence-corrected chi connectivity index (χ4v) is 3.47. The second-order valence-electron chi connectivity index (χ2n) is 6.66. The minimum atomic E-state index is -3.38. The van der Waals surface area contributed by atoms with E-state index in [9.17, 15) is 12.8 Å². The molecule has 4 rings (SSSR count). The predicted molar refractivity (Wildman–Crippen MR) is 112 cm³/mol. The number of nitrogens with zero attached hydrogens (tertiary/aromatic N) is 5. The maximum absolute atomic E-state index is 13.4. The average Bonchev–Trinajstić information content (AvgIpc) is 3.28. The number of aromatic nitrogens is 6. The second-order valence-corrected chi connectivity index (χ2v) is 8.40. The number of anilines is 2. The molecule has 0 aliphatic carbocycles. The van der Waals surface area contributed by atoms with E-state index in [4.69, 9.17) is 0 Å². The van der Waals surface area contributed by atoms with Gasteiger partial charge in [-0.2, -0.15) is 5.21 Å². The van der Waals surface area contributed by atoms with E-state index in [0.717, 1.165) is 17.4 Å². The highest BCUT2D eigenvalue weighted by atomic mass is 32.2. The number of tetrazole rings is 1. The molecule has 0 bridgehead atoms. The van der Waals surface area contributed by atoms with E-state index in [1.807, 2.05) is 0 Å². The first-order valence-corrected chi connectivity index (χ1v) is 10.9. The second kappa shape index (κ2) is 8.44. The number of rotatable bonds is 7. The quantitative estimate of drug-likeness (QED) is 0.398. The number of halogens is 1. The maximum atomic E-state index is 13.4. The molecular weight excluding hydrogens is 423 g/mol. The summed E-state index contributed by atoms with van der Waals surface area (Å²) in [7, 11) is -3.38. The standard InChI is InChI=1S/C19H17FN8O2S/c1-31(29,30)26-16-8-4-13(5-9-16)17(12-2-6-15(20)7-3-12)23-19-21-10-14(11-22-19)18-24-27-28-25-18/h2-11,17,26H,1H3,(H,21,22,23)(H,24,25,27,28). The molecule has 0 spiro atoms. The highest BCUT2D eigenvalue weighted by Crippen LogP contribution is 2.27. The SMILES string of the molecule is CS(=O)(=O)Nc1ccc(C(Nc2ncc(-c3nn[nH]n3)cn2)c2ccc(F)cc2)cc1. The summed E-state index contributed by atoms with van der Waals surface area (Å²) in [5, 5.41) is 16.9. The Morgan fingerprint density at radius 2 is 1.58 bits per heavy atom. The van der Waals surface area contributed by atoms with Crippen molar-refractivity contribution in [3.8, 4) is 11.4 Å². The van der Waals surface area contributed by atoms with Crippen molar-refractivity contribution in [3.05, 3.63) is 77.9 Å². The third-order valence-electron chi connectivity index (χ3n) is 4.28. The van der Waals surface area contributed by atoms with Gasteiger partial charge in [-0.1, -0.05) is 24.3 Å². The van der Waals surface area contributed by atoms with Gasteiger partial charge < -0.3 is 5.32 Å². The monoisotopic (exact) mass is 440 g/mol. The highest BCUT2D eigenvalue weighted by Gasteiger charge is 2.16. The summed E-state index contributed by atoms with van der Waals surface area (Å²) in [6, 6.07) is 12.5. The van der Waals surface area contributed by atoms with Crippen molar-refractivity contribution in [1.29, 1.82) is 0 Å².